The number of nitrogens with zero attached hydrogens (tertiary/aromatic N) is 2. The van der Waals surface area contributed by atoms with Gasteiger partial charge in [-0.15, -0.1) is 0 Å². The van der Waals surface area contributed by atoms with E-state index in [0.29, 0.717) is 0 Å². The van der Waals surface area contributed by atoms with Gasteiger partial charge in [-0.05, 0) is 36.2 Å². The molecule has 1 aromatic carbocycles. The maximum Gasteiger partial charge on any atom is 0.300 e. The molecule has 0 amide bonds. The Balaban J connectivity index is 0.000000415. The van der Waals surface area contributed by atoms with Crippen LogP contribution in [0.4, 0.5) is 5.82 Å². The van der Waals surface area contributed by atoms with Crippen molar-refractivity contribution in [2.45, 2.75) is 13.3 Å². The Morgan fingerprint density at radius 1 is 1.36 bits per heavy atom. The third kappa shape index (κ3) is 3.42. The Hall–Kier alpha value is -3.02. The van der Waals surface area contributed by atoms with Crippen molar-refractivity contribution in [2.24, 2.45) is 0 Å². The first kappa shape index (κ1) is 16.8. The number of likely N-dealkylation sites (N-methyl/N-ethyl adjacent to an activating group) is 1. The zero-order valence-corrected chi connectivity index (χ0v) is 14.5. The number of hydrogen-bond donors (Lipinski definition) is 2. The fourth-order valence-corrected chi connectivity index (χ4v) is 3.04. The second-order valence-electron chi connectivity index (χ2n) is 6.01. The number of hydrogen-bond acceptors (Lipinski definition) is 4. The SMILES string of the molecule is CC(=O)O.COc1ccc2[nH]cc(-c3cnc4c(c3)CCN4C)c2c1. The maximum absolute atomic E-state index is 9.00. The molecular weight excluding hydrogens is 318 g/mol. The Labute approximate surface area is 146 Å². The summed E-state index contributed by atoms with van der Waals surface area (Å²) < 4.78 is 5.33. The predicted octanol–water partition coefficient (Wildman–Crippen LogP) is 3.32. The number of nitrogens with one attached hydrogen (secondary N) is 1. The van der Waals surface area contributed by atoms with Crippen molar-refractivity contribution in [1.29, 1.82) is 0 Å². The molecule has 0 bridgehead atoms. The van der Waals surface area contributed by atoms with Gasteiger partial charge in [-0.1, -0.05) is 0 Å². The van der Waals surface area contributed by atoms with Crippen LogP contribution in [0, 0.1) is 0 Å². The molecule has 1 aliphatic rings. The topological polar surface area (TPSA) is 78.5 Å². The number of aliphatic carboxylic acids is 1. The zero-order chi connectivity index (χ0) is 18.0. The van der Waals surface area contributed by atoms with Crippen molar-refractivity contribution in [1.82, 2.24) is 9.97 Å². The average Bonchev–Trinajstić information content (AvgIpc) is 3.17. The highest BCUT2D eigenvalue weighted by Gasteiger charge is 2.18. The number of aromatic nitrogens is 2. The van der Waals surface area contributed by atoms with Crippen LogP contribution in [0.2, 0.25) is 0 Å². The van der Waals surface area contributed by atoms with Gasteiger partial charge in [0.25, 0.3) is 5.97 Å². The smallest absolute Gasteiger partial charge is 0.300 e. The number of rotatable bonds is 2. The monoisotopic (exact) mass is 339 g/mol. The van der Waals surface area contributed by atoms with Gasteiger partial charge in [-0.25, -0.2) is 4.98 Å². The summed E-state index contributed by atoms with van der Waals surface area (Å²) in [5, 5.41) is 8.59. The number of methoxy groups -OCH3 is 1. The lowest BCUT2D eigenvalue weighted by Crippen LogP contribution is -2.13. The van der Waals surface area contributed by atoms with E-state index in [4.69, 9.17) is 14.6 Å². The molecule has 0 radical (unpaired) electrons. The van der Waals surface area contributed by atoms with E-state index in [2.05, 4.69) is 34.0 Å². The number of aromatic amines is 1. The van der Waals surface area contributed by atoms with E-state index >= 15 is 0 Å². The van der Waals surface area contributed by atoms with Gasteiger partial charge in [-0.2, -0.15) is 0 Å². The van der Waals surface area contributed by atoms with Crippen LogP contribution in [-0.4, -0.2) is 41.7 Å². The van der Waals surface area contributed by atoms with Crippen LogP contribution in [0.3, 0.4) is 0 Å². The van der Waals surface area contributed by atoms with Crippen LogP contribution in [0.5, 0.6) is 5.75 Å². The van der Waals surface area contributed by atoms with Gasteiger partial charge in [0.05, 0.1) is 7.11 Å². The van der Waals surface area contributed by atoms with Crippen molar-refractivity contribution < 1.29 is 14.6 Å². The van der Waals surface area contributed by atoms with Gasteiger partial charge in [0.2, 0.25) is 0 Å². The van der Waals surface area contributed by atoms with Crippen molar-refractivity contribution in [3.8, 4) is 16.9 Å². The molecule has 0 aliphatic carbocycles. The molecule has 2 aromatic heterocycles. The van der Waals surface area contributed by atoms with Crippen LogP contribution < -0.4 is 9.64 Å². The number of pyridine rings is 1. The molecule has 1 aliphatic heterocycles. The molecule has 0 saturated heterocycles. The molecule has 0 spiro atoms. The number of carboxylic acids is 1. The van der Waals surface area contributed by atoms with Gasteiger partial charge in [0.1, 0.15) is 11.6 Å². The molecule has 6 nitrogen and oxygen atoms in total. The van der Waals surface area contributed by atoms with Crippen molar-refractivity contribution in [2.75, 3.05) is 25.6 Å². The average molecular weight is 339 g/mol. The summed E-state index contributed by atoms with van der Waals surface area (Å²) in [6.07, 6.45) is 5.08. The van der Waals surface area contributed by atoms with Crippen LogP contribution >= 0.6 is 0 Å². The molecule has 3 heterocycles. The lowest BCUT2D eigenvalue weighted by Gasteiger charge is -2.10. The number of fused-ring (bicyclic) bond motifs is 2. The molecule has 6 heteroatoms. The molecule has 0 fully saturated rings. The quantitative estimate of drug-likeness (QED) is 0.749. The summed E-state index contributed by atoms with van der Waals surface area (Å²) in [6.45, 7) is 2.13. The summed E-state index contributed by atoms with van der Waals surface area (Å²) in [5.74, 6) is 1.15. The van der Waals surface area contributed by atoms with Crippen LogP contribution in [0.25, 0.3) is 22.0 Å². The second-order valence-corrected chi connectivity index (χ2v) is 6.01. The minimum atomic E-state index is -0.833. The predicted molar refractivity (Wildman–Crippen MR) is 98.4 cm³/mol. The summed E-state index contributed by atoms with van der Waals surface area (Å²) in [6, 6.07) is 8.35. The lowest BCUT2D eigenvalue weighted by atomic mass is 10.0. The number of anilines is 1. The minimum absolute atomic E-state index is 0.833. The van der Waals surface area contributed by atoms with Gasteiger partial charge in [0.15, 0.2) is 0 Å². The lowest BCUT2D eigenvalue weighted by molar-refractivity contribution is -0.134. The summed E-state index contributed by atoms with van der Waals surface area (Å²) in [4.78, 5) is 19.2. The summed E-state index contributed by atoms with van der Waals surface area (Å²) in [5.41, 5.74) is 4.77. The van der Waals surface area contributed by atoms with Crippen molar-refractivity contribution in [3.63, 3.8) is 0 Å². The highest BCUT2D eigenvalue weighted by molar-refractivity contribution is 5.96. The zero-order valence-electron chi connectivity index (χ0n) is 14.5. The second kappa shape index (κ2) is 6.84. The Kier molecular flexibility index (Phi) is 4.61. The fraction of sp³-hybridized carbons (Fsp3) is 0.263. The Morgan fingerprint density at radius 3 is 2.84 bits per heavy atom. The molecule has 0 atom stereocenters. The molecule has 2 N–H and O–H groups in total. The van der Waals surface area contributed by atoms with E-state index in [1.165, 1.54) is 16.5 Å². The maximum atomic E-state index is 9.00. The molecule has 0 unspecified atom stereocenters. The van der Waals surface area contributed by atoms with E-state index in [0.717, 1.165) is 42.5 Å². The fourth-order valence-electron chi connectivity index (χ4n) is 3.04. The first-order chi connectivity index (χ1) is 12.0. The third-order valence-corrected chi connectivity index (χ3v) is 4.22. The molecule has 0 saturated carbocycles. The molecule has 4 rings (SSSR count). The van der Waals surface area contributed by atoms with Gasteiger partial charge >= 0.3 is 0 Å². The van der Waals surface area contributed by atoms with Crippen LogP contribution in [0.15, 0.2) is 36.7 Å². The van der Waals surface area contributed by atoms with E-state index in [-0.39, 0.29) is 0 Å². The van der Waals surface area contributed by atoms with Crippen LogP contribution in [-0.2, 0) is 11.2 Å². The third-order valence-electron chi connectivity index (χ3n) is 4.22. The van der Waals surface area contributed by atoms with E-state index < -0.39 is 5.97 Å². The first-order valence-electron chi connectivity index (χ1n) is 8.04. The van der Waals surface area contributed by atoms with Gasteiger partial charge in [-0.3, -0.25) is 4.79 Å². The first-order valence-corrected chi connectivity index (χ1v) is 8.04. The van der Waals surface area contributed by atoms with Crippen LogP contribution in [0.1, 0.15) is 12.5 Å². The molecular formula is C19H21N3O3. The summed E-state index contributed by atoms with van der Waals surface area (Å²) >= 11 is 0. The minimum Gasteiger partial charge on any atom is -0.497 e. The van der Waals surface area contributed by atoms with Gasteiger partial charge < -0.3 is 19.7 Å². The number of ether oxygens (including phenoxy) is 1. The highest BCUT2D eigenvalue weighted by Crippen LogP contribution is 2.34. The van der Waals surface area contributed by atoms with Crippen molar-refractivity contribution >= 4 is 22.7 Å². The van der Waals surface area contributed by atoms with E-state index in [1.54, 1.807) is 7.11 Å². The highest BCUT2D eigenvalue weighted by atomic mass is 16.5. The van der Waals surface area contributed by atoms with Gasteiger partial charge in [0, 0.05) is 54.9 Å². The van der Waals surface area contributed by atoms with E-state index in [1.807, 2.05) is 24.5 Å². The number of carboxylic acid groups (broad SMARTS) is 1. The normalized spacial score (nSPS) is 12.5. The number of H-pyrrole nitrogens is 1. The molecule has 3 aromatic rings. The Morgan fingerprint density at radius 2 is 2.12 bits per heavy atom. The number of benzene rings is 1. The Bertz CT molecular complexity index is 913. The van der Waals surface area contributed by atoms with Crippen molar-refractivity contribution in [3.05, 3.63) is 42.2 Å². The van der Waals surface area contributed by atoms with E-state index in [9.17, 15) is 0 Å². The standard InChI is InChI=1S/C17H17N3O.C2H4O2/c1-20-6-5-11-7-12(9-19-17(11)20)15-10-18-16-4-3-13(21-2)8-14(15)16;1-2(3)4/h3-4,7-10,18H,5-6H2,1-2H3;1H3,(H,3,4). The summed E-state index contributed by atoms with van der Waals surface area (Å²) in [7, 11) is 3.79. The largest absolute Gasteiger partial charge is 0.497 e. The number of carbonyl (C=O) groups is 1. The molecule has 25 heavy (non-hydrogen) atoms. The molecule has 130 valence electrons.